The first-order valence-electron chi connectivity index (χ1n) is 9.95. The van der Waals surface area contributed by atoms with Gasteiger partial charge in [0.05, 0.1) is 12.4 Å². The van der Waals surface area contributed by atoms with Crippen molar-refractivity contribution in [2.24, 2.45) is 0 Å². The average Bonchev–Trinajstić information content (AvgIpc) is 3.22. The number of carbonyl (C=O) groups is 2. The highest BCUT2D eigenvalue weighted by Crippen LogP contribution is 2.35. The first-order valence-corrected chi connectivity index (χ1v) is 9.95. The zero-order valence-electron chi connectivity index (χ0n) is 17.7. The lowest BCUT2D eigenvalue weighted by atomic mass is 9.91. The predicted molar refractivity (Wildman–Crippen MR) is 108 cm³/mol. The van der Waals surface area contributed by atoms with E-state index in [9.17, 15) is 22.4 Å². The zero-order valence-corrected chi connectivity index (χ0v) is 17.7. The molecule has 2 aliphatic rings. The van der Waals surface area contributed by atoms with E-state index >= 15 is 0 Å². The van der Waals surface area contributed by atoms with E-state index < -0.39 is 23.5 Å². The molecule has 178 valence electrons. The molecule has 0 aromatic carbocycles. The summed E-state index contributed by atoms with van der Waals surface area (Å²) in [5.74, 6) is -2.63. The number of carboxylic acids is 1. The number of nitrogens with zero attached hydrogens (tertiary/aromatic N) is 6. The number of aromatic nitrogens is 3. The number of pyridine rings is 1. The molecule has 9 nitrogen and oxygen atoms in total. The minimum atomic E-state index is -5.08. The van der Waals surface area contributed by atoms with Gasteiger partial charge in [-0.15, -0.1) is 0 Å². The van der Waals surface area contributed by atoms with E-state index in [0.29, 0.717) is 38.5 Å². The number of piperazine rings is 1. The fourth-order valence-corrected chi connectivity index (χ4v) is 3.89. The molecule has 2 aromatic heterocycles. The Bertz CT molecular complexity index is 976. The predicted octanol–water partition coefficient (Wildman–Crippen LogP) is 1.57. The van der Waals surface area contributed by atoms with Crippen LogP contribution in [0.5, 0.6) is 0 Å². The van der Waals surface area contributed by atoms with Crippen LogP contribution in [-0.2, 0) is 16.1 Å². The van der Waals surface area contributed by atoms with Gasteiger partial charge in [0.2, 0.25) is 11.9 Å². The Morgan fingerprint density at radius 1 is 1.18 bits per heavy atom. The Hall–Kier alpha value is -3.35. The van der Waals surface area contributed by atoms with Crippen molar-refractivity contribution in [2.45, 2.75) is 24.7 Å². The minimum Gasteiger partial charge on any atom is -0.475 e. The van der Waals surface area contributed by atoms with Gasteiger partial charge in [-0.2, -0.15) is 13.2 Å². The van der Waals surface area contributed by atoms with Gasteiger partial charge >= 0.3 is 12.1 Å². The maximum atomic E-state index is 13.1. The van der Waals surface area contributed by atoms with Gasteiger partial charge in [-0.25, -0.2) is 19.2 Å². The summed E-state index contributed by atoms with van der Waals surface area (Å²) in [5.41, 5.74) is 0.473. The molecule has 4 heterocycles. The van der Waals surface area contributed by atoms with E-state index in [1.807, 2.05) is 30.3 Å². The van der Waals surface area contributed by atoms with Gasteiger partial charge in [0.15, 0.2) is 5.82 Å². The molecule has 4 rings (SSSR count). The molecule has 2 aromatic rings. The molecule has 0 bridgehead atoms. The van der Waals surface area contributed by atoms with Crippen LogP contribution in [-0.4, -0.2) is 86.7 Å². The highest BCUT2D eigenvalue weighted by molar-refractivity contribution is 5.88. The molecule has 1 amide bonds. The van der Waals surface area contributed by atoms with Gasteiger partial charge in [-0.05, 0) is 18.1 Å². The number of carboxylic acid groups (broad SMARTS) is 1. The topological polar surface area (TPSA) is 103 Å². The third-order valence-electron chi connectivity index (χ3n) is 5.53. The van der Waals surface area contributed by atoms with Crippen LogP contribution in [0.3, 0.4) is 0 Å². The second-order valence-corrected chi connectivity index (χ2v) is 7.72. The number of hydrogen-bond donors (Lipinski definition) is 1. The van der Waals surface area contributed by atoms with Crippen molar-refractivity contribution >= 4 is 17.8 Å². The Morgan fingerprint density at radius 3 is 2.42 bits per heavy atom. The summed E-state index contributed by atoms with van der Waals surface area (Å²) in [6.07, 6.45) is 1.52. The van der Waals surface area contributed by atoms with Crippen LogP contribution in [0.2, 0.25) is 0 Å². The first kappa shape index (κ1) is 24.3. The highest BCUT2D eigenvalue weighted by Gasteiger charge is 2.52. The molecular formula is C20H22F4N6O3. The molecule has 2 saturated heterocycles. The van der Waals surface area contributed by atoms with E-state index in [-0.39, 0.29) is 5.91 Å². The van der Waals surface area contributed by atoms with Crippen LogP contribution >= 0.6 is 0 Å². The van der Waals surface area contributed by atoms with Crippen LogP contribution in [0, 0.1) is 5.82 Å². The van der Waals surface area contributed by atoms with Crippen molar-refractivity contribution in [1.29, 1.82) is 0 Å². The summed E-state index contributed by atoms with van der Waals surface area (Å²) in [6, 6.07) is 3.94. The number of anilines is 1. The van der Waals surface area contributed by atoms with Crippen LogP contribution < -0.4 is 4.90 Å². The van der Waals surface area contributed by atoms with E-state index in [0.717, 1.165) is 24.5 Å². The molecule has 1 N–H and O–H groups in total. The lowest BCUT2D eigenvalue weighted by Gasteiger charge is -2.46. The standard InChI is InChI=1S/C18H21FN6O.C2HF3O2/c1-23-7-8-25(12-14-3-2-5-20-9-14)18(16(23)26)4-6-24(13-18)17-21-10-15(19)11-22-17;3-2(4,5)1(6)7/h2-3,5,9-11H,4,6-8,12-13H2,1H3;(H,6,7). The summed E-state index contributed by atoms with van der Waals surface area (Å²) >= 11 is 0. The molecule has 33 heavy (non-hydrogen) atoms. The molecule has 1 spiro atoms. The van der Waals surface area contributed by atoms with Crippen molar-refractivity contribution in [3.8, 4) is 0 Å². The van der Waals surface area contributed by atoms with Gasteiger partial charge in [0.1, 0.15) is 5.54 Å². The van der Waals surface area contributed by atoms with E-state index in [1.54, 1.807) is 11.1 Å². The van der Waals surface area contributed by atoms with Crippen molar-refractivity contribution < 1.29 is 32.3 Å². The number of carbonyl (C=O) groups excluding carboxylic acids is 1. The summed E-state index contributed by atoms with van der Waals surface area (Å²) in [5, 5.41) is 7.12. The van der Waals surface area contributed by atoms with Gasteiger partial charge in [-0.1, -0.05) is 6.07 Å². The zero-order chi connectivity index (χ0) is 24.2. The van der Waals surface area contributed by atoms with Gasteiger partial charge in [-0.3, -0.25) is 14.7 Å². The SMILES string of the molecule is CN1CCN(Cc2cccnc2)C2(CCN(c3ncc(F)cn3)C2)C1=O.O=C(O)C(F)(F)F. The summed E-state index contributed by atoms with van der Waals surface area (Å²) in [7, 11) is 1.85. The van der Waals surface area contributed by atoms with E-state index in [4.69, 9.17) is 9.90 Å². The van der Waals surface area contributed by atoms with Crippen molar-refractivity contribution in [3.05, 3.63) is 48.3 Å². The number of aliphatic carboxylic acids is 1. The Balaban J connectivity index is 0.000000383. The number of likely N-dealkylation sites (N-methyl/N-ethyl adjacent to an activating group) is 1. The molecule has 0 saturated carbocycles. The molecule has 2 aliphatic heterocycles. The molecular weight excluding hydrogens is 448 g/mol. The third-order valence-corrected chi connectivity index (χ3v) is 5.53. The number of amides is 1. The van der Waals surface area contributed by atoms with Crippen molar-refractivity contribution in [3.63, 3.8) is 0 Å². The van der Waals surface area contributed by atoms with E-state index in [2.05, 4.69) is 19.9 Å². The number of hydrogen-bond acceptors (Lipinski definition) is 7. The highest BCUT2D eigenvalue weighted by atomic mass is 19.4. The lowest BCUT2D eigenvalue weighted by molar-refractivity contribution is -0.192. The Labute approximate surface area is 186 Å². The van der Waals surface area contributed by atoms with Crippen LogP contribution in [0.15, 0.2) is 36.9 Å². The Morgan fingerprint density at radius 2 is 1.85 bits per heavy atom. The molecule has 2 fully saturated rings. The average molecular weight is 470 g/mol. The molecule has 13 heteroatoms. The fourth-order valence-electron chi connectivity index (χ4n) is 3.89. The number of halogens is 4. The quantitative estimate of drug-likeness (QED) is 0.675. The largest absolute Gasteiger partial charge is 0.490 e. The maximum Gasteiger partial charge on any atom is 0.490 e. The minimum absolute atomic E-state index is 0.122. The smallest absolute Gasteiger partial charge is 0.475 e. The molecule has 0 aliphatic carbocycles. The Kier molecular flexibility index (Phi) is 7.10. The lowest BCUT2D eigenvalue weighted by Crippen LogP contribution is -2.65. The first-order chi connectivity index (χ1) is 15.5. The van der Waals surface area contributed by atoms with Gasteiger partial charge in [0, 0.05) is 52.2 Å². The summed E-state index contributed by atoms with van der Waals surface area (Å²) in [4.78, 5) is 40.4. The third kappa shape index (κ3) is 5.53. The molecule has 1 unspecified atom stereocenters. The van der Waals surface area contributed by atoms with Crippen molar-refractivity contribution in [2.75, 3.05) is 38.1 Å². The van der Waals surface area contributed by atoms with Crippen LogP contribution in [0.4, 0.5) is 23.5 Å². The monoisotopic (exact) mass is 470 g/mol. The number of alkyl halides is 3. The normalized spacial score (nSPS) is 21.2. The van der Waals surface area contributed by atoms with Gasteiger partial charge < -0.3 is 14.9 Å². The van der Waals surface area contributed by atoms with Crippen molar-refractivity contribution in [1.82, 2.24) is 24.8 Å². The second-order valence-electron chi connectivity index (χ2n) is 7.72. The van der Waals surface area contributed by atoms with E-state index in [1.165, 1.54) is 0 Å². The summed E-state index contributed by atoms with van der Waals surface area (Å²) < 4.78 is 44.9. The molecule has 0 radical (unpaired) electrons. The van der Waals surface area contributed by atoms with Crippen LogP contribution in [0.1, 0.15) is 12.0 Å². The number of rotatable bonds is 3. The second kappa shape index (κ2) is 9.65. The van der Waals surface area contributed by atoms with Gasteiger partial charge in [0.25, 0.3) is 0 Å². The fraction of sp³-hybridized carbons (Fsp3) is 0.450. The van der Waals surface area contributed by atoms with Crippen LogP contribution in [0.25, 0.3) is 0 Å². The maximum absolute atomic E-state index is 13.1. The molecule has 1 atom stereocenters. The summed E-state index contributed by atoms with van der Waals surface area (Å²) in [6.45, 7) is 3.34.